The number of nitrogens with one attached hydrogen (secondary N) is 1. The van der Waals surface area contributed by atoms with Crippen LogP contribution in [0.5, 0.6) is 0 Å². The van der Waals surface area contributed by atoms with E-state index in [0.29, 0.717) is 22.8 Å². The van der Waals surface area contributed by atoms with Crippen molar-refractivity contribution in [2.45, 2.75) is 58.1 Å². The summed E-state index contributed by atoms with van der Waals surface area (Å²) in [5, 5.41) is 4.29. The van der Waals surface area contributed by atoms with Gasteiger partial charge in [0.2, 0.25) is 5.90 Å². The highest BCUT2D eigenvalue weighted by atomic mass is 35.5. The summed E-state index contributed by atoms with van der Waals surface area (Å²) in [5.74, 6) is 1.42. The van der Waals surface area contributed by atoms with Gasteiger partial charge < -0.3 is 10.1 Å². The molecule has 2 aliphatic rings. The number of ether oxygens (including phenoxy) is 1. The van der Waals surface area contributed by atoms with Crippen LogP contribution >= 0.6 is 11.6 Å². The Balaban J connectivity index is 1.34. The van der Waals surface area contributed by atoms with E-state index in [-0.39, 0.29) is 12.1 Å². The van der Waals surface area contributed by atoms with Crippen LogP contribution in [0, 0.1) is 0 Å². The Bertz CT molecular complexity index is 1590. The van der Waals surface area contributed by atoms with Crippen LogP contribution in [-0.4, -0.2) is 18.2 Å². The molecule has 0 radical (unpaired) electrons. The fourth-order valence-corrected chi connectivity index (χ4v) is 5.88. The lowest BCUT2D eigenvalue weighted by molar-refractivity contribution is 0.206. The molecule has 1 aliphatic heterocycles. The maximum absolute atomic E-state index is 6.47. The fourth-order valence-electron chi connectivity index (χ4n) is 5.70. The normalized spacial score (nSPS) is 17.7. The molecule has 4 aromatic rings. The van der Waals surface area contributed by atoms with Crippen molar-refractivity contribution in [3.05, 3.63) is 123 Å². The summed E-state index contributed by atoms with van der Waals surface area (Å²) in [4.78, 5) is 10.1. The van der Waals surface area contributed by atoms with Gasteiger partial charge in [-0.2, -0.15) is 0 Å². The molecule has 202 valence electrons. The molecule has 1 N–H and O–H groups in total. The second-order valence-electron chi connectivity index (χ2n) is 11.2. The first-order valence-electron chi connectivity index (χ1n) is 14.0. The molecule has 0 saturated heterocycles. The predicted octanol–water partition coefficient (Wildman–Crippen LogP) is 9.52. The molecule has 0 saturated carbocycles. The first kappa shape index (κ1) is 26.3. The summed E-state index contributed by atoms with van der Waals surface area (Å²) in [6.07, 6.45) is 2.86. The number of fused-ring (bicyclic) bond motifs is 3. The summed E-state index contributed by atoms with van der Waals surface area (Å²) in [7, 11) is 0. The average molecular weight is 548 g/mol. The van der Waals surface area contributed by atoms with E-state index >= 15 is 0 Å². The van der Waals surface area contributed by atoms with Crippen LogP contribution in [0.4, 0.5) is 17.1 Å². The van der Waals surface area contributed by atoms with Crippen LogP contribution in [0.25, 0.3) is 0 Å². The third-order valence-corrected chi connectivity index (χ3v) is 8.02. The lowest BCUT2D eigenvalue weighted by Crippen LogP contribution is -2.14. The highest BCUT2D eigenvalue weighted by molar-refractivity contribution is 6.31. The van der Waals surface area contributed by atoms with Gasteiger partial charge in [-0.05, 0) is 64.4 Å². The molecule has 5 heteroatoms. The van der Waals surface area contributed by atoms with Crippen molar-refractivity contribution in [3.8, 4) is 0 Å². The van der Waals surface area contributed by atoms with Crippen molar-refractivity contribution in [2.75, 3.05) is 5.32 Å². The van der Waals surface area contributed by atoms with Crippen LogP contribution in [0.15, 0.2) is 94.9 Å². The van der Waals surface area contributed by atoms with Gasteiger partial charge in [-0.3, -0.25) is 4.99 Å². The molecule has 0 aromatic heterocycles. The molecule has 40 heavy (non-hydrogen) atoms. The first-order valence-corrected chi connectivity index (χ1v) is 14.4. The van der Waals surface area contributed by atoms with Crippen molar-refractivity contribution < 1.29 is 4.74 Å². The van der Waals surface area contributed by atoms with E-state index in [1.165, 1.54) is 22.3 Å². The number of halogens is 1. The minimum absolute atomic E-state index is 0.0497. The molecule has 0 bridgehead atoms. The van der Waals surface area contributed by atoms with E-state index in [1.54, 1.807) is 0 Å². The Morgan fingerprint density at radius 3 is 2.38 bits per heavy atom. The zero-order valence-electron chi connectivity index (χ0n) is 23.4. The van der Waals surface area contributed by atoms with Gasteiger partial charge in [0.25, 0.3) is 0 Å². The number of aliphatic imine (C=N–C) groups is 2. The quantitative estimate of drug-likeness (QED) is 0.234. The van der Waals surface area contributed by atoms with Crippen molar-refractivity contribution in [1.82, 2.24) is 0 Å². The summed E-state index contributed by atoms with van der Waals surface area (Å²) in [6, 6.07) is 29.1. The fraction of sp³-hybridized carbons (Fsp3) is 0.257. The average Bonchev–Trinajstić information content (AvgIpc) is 3.51. The third-order valence-electron chi connectivity index (χ3n) is 7.78. The van der Waals surface area contributed by atoms with E-state index in [1.807, 2.05) is 36.5 Å². The molecule has 4 nitrogen and oxygen atoms in total. The van der Waals surface area contributed by atoms with Gasteiger partial charge in [0, 0.05) is 28.9 Å². The van der Waals surface area contributed by atoms with E-state index in [4.69, 9.17) is 26.3 Å². The van der Waals surface area contributed by atoms with Gasteiger partial charge in [-0.1, -0.05) is 93.9 Å². The summed E-state index contributed by atoms with van der Waals surface area (Å²) in [6.45, 7) is 8.84. The summed E-state index contributed by atoms with van der Waals surface area (Å²) < 4.78 is 6.42. The van der Waals surface area contributed by atoms with E-state index < -0.39 is 0 Å². The standard InChI is InChI=1S/C35H34ClN3O/c1-21(2)26-13-9-14-27(22(3)4)33(26)37-20-24-18-25(36)16-17-30(24)38-31-15-8-7-12-29(31)35-39-34-28-11-6-5-10-23(28)19-32(34)40-35/h5-18,20-22,32,34,38H,19H2,1-4H3/t32-,34?/m1/s1. The maximum Gasteiger partial charge on any atom is 0.219 e. The van der Waals surface area contributed by atoms with Crippen molar-refractivity contribution in [1.29, 1.82) is 0 Å². The van der Waals surface area contributed by atoms with Gasteiger partial charge in [0.15, 0.2) is 0 Å². The van der Waals surface area contributed by atoms with Crippen LogP contribution in [0.1, 0.15) is 79.0 Å². The molecule has 0 amide bonds. The van der Waals surface area contributed by atoms with Gasteiger partial charge in [-0.25, -0.2) is 4.99 Å². The molecular formula is C35H34ClN3O. The van der Waals surface area contributed by atoms with Gasteiger partial charge in [0.05, 0.1) is 16.9 Å². The number of rotatable bonds is 7. The van der Waals surface area contributed by atoms with Crippen molar-refractivity contribution >= 4 is 40.8 Å². The second-order valence-corrected chi connectivity index (χ2v) is 11.6. The Hall–Kier alpha value is -3.89. The SMILES string of the molecule is CC(C)c1cccc(C(C)C)c1N=Cc1cc(Cl)ccc1Nc1ccccc1C1=NC2c3ccccc3C[C@H]2O1. The van der Waals surface area contributed by atoms with Crippen LogP contribution in [0.2, 0.25) is 5.02 Å². The van der Waals surface area contributed by atoms with E-state index in [2.05, 4.69) is 87.6 Å². The second kappa shape index (κ2) is 10.9. The number of hydrogen-bond donors (Lipinski definition) is 1. The van der Waals surface area contributed by atoms with Crippen LogP contribution in [0.3, 0.4) is 0 Å². The first-order chi connectivity index (χ1) is 19.4. The maximum atomic E-state index is 6.47. The topological polar surface area (TPSA) is 46.0 Å². The van der Waals surface area contributed by atoms with E-state index in [9.17, 15) is 0 Å². The zero-order valence-corrected chi connectivity index (χ0v) is 24.1. The lowest BCUT2D eigenvalue weighted by atomic mass is 9.93. The predicted molar refractivity (Wildman–Crippen MR) is 167 cm³/mol. The smallest absolute Gasteiger partial charge is 0.219 e. The molecule has 1 heterocycles. The third kappa shape index (κ3) is 5.04. The minimum Gasteiger partial charge on any atom is -0.471 e. The molecule has 4 aromatic carbocycles. The van der Waals surface area contributed by atoms with Crippen LogP contribution in [-0.2, 0) is 11.2 Å². The highest BCUT2D eigenvalue weighted by Crippen LogP contribution is 2.42. The summed E-state index contributed by atoms with van der Waals surface area (Å²) in [5.41, 5.74) is 9.83. The zero-order chi connectivity index (χ0) is 27.8. The highest BCUT2D eigenvalue weighted by Gasteiger charge is 2.39. The van der Waals surface area contributed by atoms with Gasteiger partial charge >= 0.3 is 0 Å². The van der Waals surface area contributed by atoms with E-state index in [0.717, 1.165) is 34.6 Å². The number of hydrogen-bond acceptors (Lipinski definition) is 4. The summed E-state index contributed by atoms with van der Waals surface area (Å²) >= 11 is 6.47. The van der Waals surface area contributed by atoms with Gasteiger partial charge in [0.1, 0.15) is 12.1 Å². The van der Waals surface area contributed by atoms with Gasteiger partial charge in [-0.15, -0.1) is 0 Å². The molecule has 6 rings (SSSR count). The molecular weight excluding hydrogens is 514 g/mol. The molecule has 2 atom stereocenters. The molecule has 0 spiro atoms. The lowest BCUT2D eigenvalue weighted by Gasteiger charge is -2.17. The molecule has 1 aliphatic carbocycles. The number of para-hydroxylation sites is 2. The van der Waals surface area contributed by atoms with Crippen LogP contribution < -0.4 is 5.32 Å². The monoisotopic (exact) mass is 547 g/mol. The largest absolute Gasteiger partial charge is 0.471 e. The number of benzene rings is 4. The Labute approximate surface area is 241 Å². The molecule has 0 fully saturated rings. The Kier molecular flexibility index (Phi) is 7.20. The Morgan fingerprint density at radius 1 is 0.875 bits per heavy atom. The Morgan fingerprint density at radius 2 is 1.60 bits per heavy atom. The number of anilines is 2. The minimum atomic E-state index is 0.0497. The number of nitrogens with zero attached hydrogens (tertiary/aromatic N) is 2. The van der Waals surface area contributed by atoms with Crippen molar-refractivity contribution in [2.24, 2.45) is 9.98 Å². The molecule has 1 unspecified atom stereocenters. The van der Waals surface area contributed by atoms with Crippen molar-refractivity contribution in [3.63, 3.8) is 0 Å².